The third-order valence-electron chi connectivity index (χ3n) is 4.12. The Kier molecular flexibility index (Phi) is 6.39. The molecule has 0 aromatic carbocycles. The smallest absolute Gasteiger partial charge is 0.220 e. The van der Waals surface area contributed by atoms with Crippen LogP contribution in [-0.2, 0) is 4.79 Å². The van der Waals surface area contributed by atoms with Crippen LogP contribution in [0.25, 0.3) is 0 Å². The molecule has 2 unspecified atom stereocenters. The van der Waals surface area contributed by atoms with Crippen LogP contribution in [0.1, 0.15) is 54.6 Å². The van der Waals surface area contributed by atoms with Gasteiger partial charge in [0.05, 0.1) is 4.88 Å². The molecule has 1 saturated carbocycles. The van der Waals surface area contributed by atoms with E-state index in [1.54, 1.807) is 6.07 Å². The fraction of sp³-hybridized carbons (Fsp3) is 0.625. The van der Waals surface area contributed by atoms with Crippen LogP contribution < -0.4 is 5.32 Å². The molecule has 1 aromatic heterocycles. The molecule has 2 rings (SSSR count). The van der Waals surface area contributed by atoms with Gasteiger partial charge in [-0.15, -0.1) is 11.3 Å². The van der Waals surface area contributed by atoms with Crippen LogP contribution in [0, 0.1) is 5.92 Å². The number of ketones is 1. The highest BCUT2D eigenvalue weighted by Gasteiger charge is 2.24. The molecule has 1 fully saturated rings. The summed E-state index contributed by atoms with van der Waals surface area (Å²) in [6.07, 6.45) is 5.75. The molecule has 1 aliphatic rings. The van der Waals surface area contributed by atoms with Crippen LogP contribution in [0.5, 0.6) is 0 Å². The first-order chi connectivity index (χ1) is 10.2. The number of rotatable bonds is 6. The number of hydrogen-bond donors (Lipinski definition) is 2. The molecular formula is C16H23NO3S. The number of amides is 1. The molecule has 0 saturated heterocycles. The first-order valence-electron chi connectivity index (χ1n) is 7.67. The largest absolute Gasteiger partial charge is 0.396 e. The molecule has 2 atom stereocenters. The molecule has 116 valence electrons. The molecule has 0 spiro atoms. The van der Waals surface area contributed by atoms with Crippen molar-refractivity contribution in [2.45, 2.75) is 51.0 Å². The van der Waals surface area contributed by atoms with Crippen LogP contribution in [0.15, 0.2) is 17.5 Å². The summed E-state index contributed by atoms with van der Waals surface area (Å²) in [4.78, 5) is 24.6. The second-order valence-corrected chi connectivity index (χ2v) is 6.60. The van der Waals surface area contributed by atoms with Crippen LogP contribution in [0.3, 0.4) is 0 Å². The minimum Gasteiger partial charge on any atom is -0.396 e. The normalized spacial score (nSPS) is 22.5. The summed E-state index contributed by atoms with van der Waals surface area (Å²) in [5.74, 6) is 0.106. The van der Waals surface area contributed by atoms with E-state index in [9.17, 15) is 14.7 Å². The lowest BCUT2D eigenvalue weighted by atomic mass is 9.95. The SMILES string of the molecule is O=C(CCC(=O)c1cccs1)NC1CCCCCC1CO. The zero-order chi connectivity index (χ0) is 15.1. The van der Waals surface area contributed by atoms with E-state index in [0.717, 1.165) is 25.7 Å². The molecule has 1 aliphatic carbocycles. The number of carbonyl (C=O) groups excluding carboxylic acids is 2. The van der Waals surface area contributed by atoms with E-state index in [4.69, 9.17) is 0 Å². The number of Topliss-reactive ketones (excluding diaryl/α,β-unsaturated/α-hetero) is 1. The zero-order valence-electron chi connectivity index (χ0n) is 12.2. The summed E-state index contributed by atoms with van der Waals surface area (Å²) < 4.78 is 0. The number of thiophene rings is 1. The summed E-state index contributed by atoms with van der Waals surface area (Å²) in [6, 6.07) is 3.69. The lowest BCUT2D eigenvalue weighted by molar-refractivity contribution is -0.122. The predicted octanol–water partition coefficient (Wildman–Crippen LogP) is 2.77. The maximum atomic E-state index is 12.0. The molecule has 1 amide bonds. The van der Waals surface area contributed by atoms with E-state index < -0.39 is 0 Å². The average Bonchev–Trinajstić information content (AvgIpc) is 2.93. The molecule has 5 heteroatoms. The van der Waals surface area contributed by atoms with E-state index in [-0.39, 0.29) is 43.1 Å². The molecule has 0 bridgehead atoms. The summed E-state index contributed by atoms with van der Waals surface area (Å²) in [5, 5.41) is 14.3. The van der Waals surface area contributed by atoms with Gasteiger partial charge in [-0.1, -0.05) is 25.3 Å². The third-order valence-corrected chi connectivity index (χ3v) is 5.03. The maximum absolute atomic E-state index is 12.0. The van der Waals surface area contributed by atoms with Gasteiger partial charge >= 0.3 is 0 Å². The van der Waals surface area contributed by atoms with Crippen molar-refractivity contribution in [1.29, 1.82) is 0 Å². The number of hydrogen-bond acceptors (Lipinski definition) is 4. The molecule has 0 aliphatic heterocycles. The van der Waals surface area contributed by atoms with Crippen LogP contribution >= 0.6 is 11.3 Å². The molecule has 1 aromatic rings. The van der Waals surface area contributed by atoms with Crippen molar-refractivity contribution in [1.82, 2.24) is 5.32 Å². The van der Waals surface area contributed by atoms with E-state index in [1.165, 1.54) is 17.8 Å². The van der Waals surface area contributed by atoms with Crippen LogP contribution in [-0.4, -0.2) is 29.4 Å². The summed E-state index contributed by atoms with van der Waals surface area (Å²) >= 11 is 1.41. The second-order valence-electron chi connectivity index (χ2n) is 5.66. The monoisotopic (exact) mass is 309 g/mol. The average molecular weight is 309 g/mol. The predicted molar refractivity (Wildman–Crippen MR) is 83.5 cm³/mol. The summed E-state index contributed by atoms with van der Waals surface area (Å²) in [7, 11) is 0. The van der Waals surface area contributed by atoms with E-state index in [2.05, 4.69) is 5.32 Å². The molecule has 21 heavy (non-hydrogen) atoms. The highest BCUT2D eigenvalue weighted by atomic mass is 32.1. The maximum Gasteiger partial charge on any atom is 0.220 e. The Morgan fingerprint density at radius 1 is 1.24 bits per heavy atom. The fourth-order valence-corrected chi connectivity index (χ4v) is 3.55. The Morgan fingerprint density at radius 2 is 2.05 bits per heavy atom. The molecular weight excluding hydrogens is 286 g/mol. The van der Waals surface area contributed by atoms with Gasteiger partial charge in [0.15, 0.2) is 5.78 Å². The van der Waals surface area contributed by atoms with Crippen molar-refractivity contribution in [3.05, 3.63) is 22.4 Å². The van der Waals surface area contributed by atoms with E-state index in [0.29, 0.717) is 4.88 Å². The van der Waals surface area contributed by atoms with E-state index >= 15 is 0 Å². The minimum atomic E-state index is -0.0785. The zero-order valence-corrected chi connectivity index (χ0v) is 13.0. The lowest BCUT2D eigenvalue weighted by Crippen LogP contribution is -2.41. The Balaban J connectivity index is 1.79. The van der Waals surface area contributed by atoms with Crippen molar-refractivity contribution in [3.63, 3.8) is 0 Å². The minimum absolute atomic E-state index is 0.0275. The standard InChI is InChI=1S/C16H23NO3S/c18-11-12-5-2-1-3-6-13(12)17-16(20)9-8-14(19)15-7-4-10-21-15/h4,7,10,12-13,18H,1-3,5-6,8-9,11H2,(H,17,20). The molecule has 2 N–H and O–H groups in total. The van der Waals surface area contributed by atoms with Crippen LogP contribution in [0.2, 0.25) is 0 Å². The van der Waals surface area contributed by atoms with Gasteiger partial charge in [0.1, 0.15) is 0 Å². The highest BCUT2D eigenvalue weighted by Crippen LogP contribution is 2.23. The van der Waals surface area contributed by atoms with Gasteiger partial charge in [-0.05, 0) is 24.3 Å². The molecule has 4 nitrogen and oxygen atoms in total. The van der Waals surface area contributed by atoms with E-state index in [1.807, 2.05) is 11.4 Å². The molecule has 1 heterocycles. The van der Waals surface area contributed by atoms with Crippen molar-refractivity contribution < 1.29 is 14.7 Å². The number of nitrogens with one attached hydrogen (secondary N) is 1. The van der Waals surface area contributed by atoms with Gasteiger partial charge in [0.25, 0.3) is 0 Å². The van der Waals surface area contributed by atoms with Crippen molar-refractivity contribution >= 4 is 23.0 Å². The van der Waals surface area contributed by atoms with Gasteiger partial charge in [-0.3, -0.25) is 9.59 Å². The van der Waals surface area contributed by atoms with Gasteiger partial charge in [0.2, 0.25) is 5.91 Å². The van der Waals surface area contributed by atoms with Crippen molar-refractivity contribution in [2.24, 2.45) is 5.92 Å². The molecule has 0 radical (unpaired) electrons. The topological polar surface area (TPSA) is 66.4 Å². The van der Waals surface area contributed by atoms with Gasteiger partial charge in [-0.25, -0.2) is 0 Å². The Hall–Kier alpha value is -1.20. The van der Waals surface area contributed by atoms with Gasteiger partial charge in [-0.2, -0.15) is 0 Å². The fourth-order valence-electron chi connectivity index (χ4n) is 2.86. The number of aliphatic hydroxyl groups is 1. The van der Waals surface area contributed by atoms with Crippen molar-refractivity contribution in [2.75, 3.05) is 6.61 Å². The number of carbonyl (C=O) groups is 2. The Bertz CT molecular complexity index is 458. The second kappa shape index (κ2) is 8.29. The van der Waals surface area contributed by atoms with Gasteiger partial charge in [0, 0.05) is 31.4 Å². The van der Waals surface area contributed by atoms with Gasteiger partial charge < -0.3 is 10.4 Å². The summed E-state index contributed by atoms with van der Waals surface area (Å²) in [6.45, 7) is 0.124. The summed E-state index contributed by atoms with van der Waals surface area (Å²) in [5.41, 5.74) is 0. The Labute approximate surface area is 129 Å². The van der Waals surface area contributed by atoms with Crippen molar-refractivity contribution in [3.8, 4) is 0 Å². The third kappa shape index (κ3) is 4.93. The Morgan fingerprint density at radius 3 is 2.76 bits per heavy atom. The number of aliphatic hydroxyl groups excluding tert-OH is 1. The quantitative estimate of drug-likeness (QED) is 0.627. The van der Waals surface area contributed by atoms with Crippen LogP contribution in [0.4, 0.5) is 0 Å². The highest BCUT2D eigenvalue weighted by molar-refractivity contribution is 7.12. The first kappa shape index (κ1) is 16.2. The first-order valence-corrected chi connectivity index (χ1v) is 8.55. The lowest BCUT2D eigenvalue weighted by Gasteiger charge is -2.24.